The fourth-order valence-corrected chi connectivity index (χ4v) is 2.20. The smallest absolute Gasteiger partial charge is 0.114 e. The topological polar surface area (TPSA) is 42.7 Å². The molecule has 0 aliphatic carbocycles. The predicted octanol–water partition coefficient (Wildman–Crippen LogP) is 2.13. The van der Waals surface area contributed by atoms with E-state index in [1.54, 1.807) is 11.3 Å². The number of nitrogens with zero attached hydrogens (tertiary/aromatic N) is 3. The zero-order valence-corrected chi connectivity index (χ0v) is 11.1. The van der Waals surface area contributed by atoms with Gasteiger partial charge in [0.1, 0.15) is 5.01 Å². The van der Waals surface area contributed by atoms with Gasteiger partial charge in [-0.25, -0.2) is 4.98 Å². The molecule has 0 aliphatic rings. The van der Waals surface area contributed by atoms with E-state index in [4.69, 9.17) is 0 Å². The lowest BCUT2D eigenvalue weighted by atomic mass is 10.2. The molecule has 5 heteroatoms. The number of rotatable bonds is 6. The van der Waals surface area contributed by atoms with E-state index in [1.807, 2.05) is 22.5 Å². The number of hydrogen-bond acceptors (Lipinski definition) is 4. The molecule has 0 radical (unpaired) electrons. The Hall–Kier alpha value is -1.20. The summed E-state index contributed by atoms with van der Waals surface area (Å²) in [5, 5.41) is 10.9. The molecule has 0 amide bonds. The second-order valence-corrected chi connectivity index (χ2v) is 5.41. The zero-order chi connectivity index (χ0) is 12.1. The van der Waals surface area contributed by atoms with E-state index in [-0.39, 0.29) is 0 Å². The van der Waals surface area contributed by atoms with Gasteiger partial charge in [0.05, 0.1) is 12.2 Å². The Balaban J connectivity index is 1.92. The molecule has 0 bridgehead atoms. The van der Waals surface area contributed by atoms with Gasteiger partial charge in [0, 0.05) is 24.3 Å². The van der Waals surface area contributed by atoms with Crippen molar-refractivity contribution in [3.8, 4) is 0 Å². The summed E-state index contributed by atoms with van der Waals surface area (Å²) in [7, 11) is 0. The van der Waals surface area contributed by atoms with Crippen LogP contribution < -0.4 is 5.32 Å². The van der Waals surface area contributed by atoms with Gasteiger partial charge in [0.15, 0.2) is 0 Å². The monoisotopic (exact) mass is 250 g/mol. The number of nitrogens with one attached hydrogen (secondary N) is 1. The van der Waals surface area contributed by atoms with Gasteiger partial charge in [-0.3, -0.25) is 4.68 Å². The highest BCUT2D eigenvalue weighted by atomic mass is 32.1. The van der Waals surface area contributed by atoms with Gasteiger partial charge in [-0.1, -0.05) is 13.8 Å². The number of hydrogen-bond donors (Lipinski definition) is 1. The van der Waals surface area contributed by atoms with E-state index < -0.39 is 0 Å². The van der Waals surface area contributed by atoms with Gasteiger partial charge in [-0.15, -0.1) is 11.3 Å². The Labute approximate surface area is 106 Å². The third-order valence-electron chi connectivity index (χ3n) is 2.43. The van der Waals surface area contributed by atoms with Crippen LogP contribution in [0.4, 0.5) is 0 Å². The standard InChI is InChI=1S/C12H18N4S/c1-10(2)7-13-8-11-3-4-15-16(11)9-12-14-5-6-17-12/h3-6,10,13H,7-9H2,1-2H3. The molecule has 92 valence electrons. The molecule has 2 rings (SSSR count). The van der Waals surface area contributed by atoms with Crippen molar-refractivity contribution in [2.24, 2.45) is 5.92 Å². The maximum Gasteiger partial charge on any atom is 0.114 e. The van der Waals surface area contributed by atoms with Gasteiger partial charge in [-0.05, 0) is 18.5 Å². The Morgan fingerprint density at radius 1 is 1.41 bits per heavy atom. The lowest BCUT2D eigenvalue weighted by Crippen LogP contribution is -2.21. The highest BCUT2D eigenvalue weighted by Gasteiger charge is 2.04. The fraction of sp³-hybridized carbons (Fsp3) is 0.500. The minimum absolute atomic E-state index is 0.672. The minimum Gasteiger partial charge on any atom is -0.311 e. The van der Waals surface area contributed by atoms with Gasteiger partial charge in [0.2, 0.25) is 0 Å². The molecule has 0 saturated carbocycles. The molecule has 0 saturated heterocycles. The molecule has 0 unspecified atom stereocenters. The quantitative estimate of drug-likeness (QED) is 0.854. The van der Waals surface area contributed by atoms with E-state index in [2.05, 4.69) is 35.3 Å². The van der Waals surface area contributed by atoms with E-state index in [0.717, 1.165) is 24.6 Å². The second kappa shape index (κ2) is 5.93. The molecule has 0 aromatic carbocycles. The molecule has 4 nitrogen and oxygen atoms in total. The maximum atomic E-state index is 4.33. The fourth-order valence-electron chi connectivity index (χ4n) is 1.60. The highest BCUT2D eigenvalue weighted by molar-refractivity contribution is 7.09. The molecule has 0 fully saturated rings. The van der Waals surface area contributed by atoms with E-state index >= 15 is 0 Å². The van der Waals surface area contributed by atoms with Gasteiger partial charge < -0.3 is 5.32 Å². The number of thiazole rings is 1. The summed E-state index contributed by atoms with van der Waals surface area (Å²) < 4.78 is 2.01. The van der Waals surface area contributed by atoms with Gasteiger partial charge in [0.25, 0.3) is 0 Å². The van der Waals surface area contributed by atoms with Crippen LogP contribution in [-0.4, -0.2) is 21.3 Å². The summed E-state index contributed by atoms with van der Waals surface area (Å²) in [6, 6.07) is 2.06. The summed E-state index contributed by atoms with van der Waals surface area (Å²) in [5.74, 6) is 0.672. The van der Waals surface area contributed by atoms with Crippen LogP contribution in [0, 0.1) is 5.92 Å². The Morgan fingerprint density at radius 2 is 2.29 bits per heavy atom. The third kappa shape index (κ3) is 3.64. The SMILES string of the molecule is CC(C)CNCc1ccnn1Cc1nccs1. The van der Waals surface area contributed by atoms with Gasteiger partial charge in [-0.2, -0.15) is 5.10 Å². The van der Waals surface area contributed by atoms with Crippen molar-refractivity contribution in [2.45, 2.75) is 26.9 Å². The first-order chi connectivity index (χ1) is 8.25. The Kier molecular flexibility index (Phi) is 4.28. The third-order valence-corrected chi connectivity index (χ3v) is 3.20. The van der Waals surface area contributed by atoms with Crippen LogP contribution in [0.2, 0.25) is 0 Å². The molecule has 0 spiro atoms. The van der Waals surface area contributed by atoms with E-state index in [1.165, 1.54) is 5.69 Å². The molecule has 2 aromatic rings. The van der Waals surface area contributed by atoms with Crippen molar-refractivity contribution >= 4 is 11.3 Å². The lowest BCUT2D eigenvalue weighted by molar-refractivity contribution is 0.529. The zero-order valence-electron chi connectivity index (χ0n) is 10.3. The second-order valence-electron chi connectivity index (χ2n) is 4.43. The average Bonchev–Trinajstić information content (AvgIpc) is 2.91. The molecule has 2 aromatic heterocycles. The summed E-state index contributed by atoms with van der Waals surface area (Å²) >= 11 is 1.67. The first-order valence-corrected chi connectivity index (χ1v) is 6.73. The summed E-state index contributed by atoms with van der Waals surface area (Å²) in [6.45, 7) is 7.08. The molecule has 2 heterocycles. The molecular formula is C12H18N4S. The van der Waals surface area contributed by atoms with Crippen LogP contribution in [0.1, 0.15) is 24.5 Å². The van der Waals surface area contributed by atoms with Crippen LogP contribution >= 0.6 is 11.3 Å². The first-order valence-electron chi connectivity index (χ1n) is 5.85. The summed E-state index contributed by atoms with van der Waals surface area (Å²) in [5.41, 5.74) is 1.21. The molecule has 0 aliphatic heterocycles. The van der Waals surface area contributed by atoms with Crippen LogP contribution in [0.3, 0.4) is 0 Å². The summed E-state index contributed by atoms with van der Waals surface area (Å²) in [4.78, 5) is 4.28. The van der Waals surface area contributed by atoms with Crippen LogP contribution in [0.5, 0.6) is 0 Å². The predicted molar refractivity (Wildman–Crippen MR) is 70.0 cm³/mol. The largest absolute Gasteiger partial charge is 0.311 e. The lowest BCUT2D eigenvalue weighted by Gasteiger charge is -2.09. The highest BCUT2D eigenvalue weighted by Crippen LogP contribution is 2.08. The molecule has 17 heavy (non-hydrogen) atoms. The first kappa shape index (κ1) is 12.3. The molecule has 0 atom stereocenters. The Morgan fingerprint density at radius 3 is 3.00 bits per heavy atom. The maximum absolute atomic E-state index is 4.33. The Bertz CT molecular complexity index is 433. The molecule has 1 N–H and O–H groups in total. The van der Waals surface area contributed by atoms with Crippen molar-refractivity contribution in [2.75, 3.05) is 6.54 Å². The molecular weight excluding hydrogens is 232 g/mol. The minimum atomic E-state index is 0.672. The van der Waals surface area contributed by atoms with Crippen molar-refractivity contribution < 1.29 is 0 Å². The normalized spacial score (nSPS) is 11.2. The van der Waals surface area contributed by atoms with Crippen molar-refractivity contribution in [1.82, 2.24) is 20.1 Å². The average molecular weight is 250 g/mol. The van der Waals surface area contributed by atoms with E-state index in [9.17, 15) is 0 Å². The number of aromatic nitrogens is 3. The van der Waals surface area contributed by atoms with Crippen molar-refractivity contribution in [1.29, 1.82) is 0 Å². The summed E-state index contributed by atoms with van der Waals surface area (Å²) in [6.07, 6.45) is 3.68. The van der Waals surface area contributed by atoms with Crippen molar-refractivity contribution in [3.05, 3.63) is 34.5 Å². The van der Waals surface area contributed by atoms with Crippen molar-refractivity contribution in [3.63, 3.8) is 0 Å². The van der Waals surface area contributed by atoms with Crippen LogP contribution in [-0.2, 0) is 13.1 Å². The van der Waals surface area contributed by atoms with Crippen LogP contribution in [0.15, 0.2) is 23.8 Å². The van der Waals surface area contributed by atoms with E-state index in [0.29, 0.717) is 5.92 Å². The van der Waals surface area contributed by atoms with Crippen LogP contribution in [0.25, 0.3) is 0 Å². The van der Waals surface area contributed by atoms with Gasteiger partial charge >= 0.3 is 0 Å².